The fraction of sp³-hybridized carbons (Fsp3) is 0.263. The van der Waals surface area contributed by atoms with Crippen LogP contribution in [0.25, 0.3) is 0 Å². The van der Waals surface area contributed by atoms with Crippen LogP contribution in [0, 0.1) is 13.8 Å². The highest BCUT2D eigenvalue weighted by Crippen LogP contribution is 2.25. The molecule has 2 aromatic rings. The van der Waals surface area contributed by atoms with Crippen LogP contribution in [-0.2, 0) is 14.3 Å². The summed E-state index contributed by atoms with van der Waals surface area (Å²) < 4.78 is 15.4. The Balaban J connectivity index is 1.78. The van der Waals surface area contributed by atoms with Crippen molar-refractivity contribution in [2.24, 2.45) is 0 Å². The van der Waals surface area contributed by atoms with Gasteiger partial charge in [0.1, 0.15) is 0 Å². The van der Waals surface area contributed by atoms with Crippen molar-refractivity contribution in [3.8, 4) is 11.5 Å². The minimum atomic E-state index is -0.637. The fourth-order valence-electron chi connectivity index (χ4n) is 2.20. The maximum Gasteiger partial charge on any atom is 0.344 e. The summed E-state index contributed by atoms with van der Waals surface area (Å²) in [5, 5.41) is 2.71. The lowest BCUT2D eigenvalue weighted by Crippen LogP contribution is -2.24. The second kappa shape index (κ2) is 8.73. The van der Waals surface area contributed by atoms with Gasteiger partial charge in [0.15, 0.2) is 24.7 Å². The van der Waals surface area contributed by atoms with Gasteiger partial charge in [0.2, 0.25) is 0 Å². The molecule has 0 aliphatic heterocycles. The second-order valence-electron chi connectivity index (χ2n) is 5.47. The molecule has 0 aliphatic rings. The van der Waals surface area contributed by atoms with Gasteiger partial charge in [0.25, 0.3) is 5.91 Å². The molecule has 0 aliphatic carbocycles. The first kappa shape index (κ1) is 18.3. The first-order valence-corrected chi connectivity index (χ1v) is 7.78. The van der Waals surface area contributed by atoms with Gasteiger partial charge in [0.05, 0.1) is 7.11 Å². The smallest absolute Gasteiger partial charge is 0.344 e. The summed E-state index contributed by atoms with van der Waals surface area (Å²) in [6.07, 6.45) is 0. The molecule has 2 rings (SSSR count). The third kappa shape index (κ3) is 5.53. The van der Waals surface area contributed by atoms with Gasteiger partial charge in [-0.05, 0) is 37.6 Å². The molecule has 0 saturated heterocycles. The quantitative estimate of drug-likeness (QED) is 0.783. The zero-order valence-corrected chi connectivity index (χ0v) is 14.5. The fourth-order valence-corrected chi connectivity index (χ4v) is 2.20. The summed E-state index contributed by atoms with van der Waals surface area (Å²) >= 11 is 0. The molecule has 132 valence electrons. The summed E-state index contributed by atoms with van der Waals surface area (Å²) in [7, 11) is 1.51. The third-order valence-corrected chi connectivity index (χ3v) is 3.43. The van der Waals surface area contributed by atoms with Gasteiger partial charge in [-0.25, -0.2) is 4.79 Å². The van der Waals surface area contributed by atoms with Crippen LogP contribution in [0.2, 0.25) is 0 Å². The molecule has 0 saturated carbocycles. The number of ether oxygens (including phenoxy) is 3. The molecule has 2 aromatic carbocycles. The lowest BCUT2D eigenvalue weighted by atomic mass is 10.1. The number of rotatable bonds is 7. The lowest BCUT2D eigenvalue weighted by molar-refractivity contribution is -0.149. The van der Waals surface area contributed by atoms with Gasteiger partial charge >= 0.3 is 5.97 Å². The van der Waals surface area contributed by atoms with Gasteiger partial charge in [-0.2, -0.15) is 0 Å². The van der Waals surface area contributed by atoms with E-state index in [1.165, 1.54) is 7.11 Å². The molecule has 6 nitrogen and oxygen atoms in total. The van der Waals surface area contributed by atoms with Crippen molar-refractivity contribution in [3.05, 3.63) is 53.6 Å². The molecule has 0 heterocycles. The van der Waals surface area contributed by atoms with Crippen LogP contribution in [0.3, 0.4) is 0 Å². The number of hydrogen-bond donors (Lipinski definition) is 1. The van der Waals surface area contributed by atoms with E-state index in [1.54, 1.807) is 24.3 Å². The van der Waals surface area contributed by atoms with Crippen molar-refractivity contribution in [2.45, 2.75) is 13.8 Å². The van der Waals surface area contributed by atoms with Crippen molar-refractivity contribution < 1.29 is 23.8 Å². The highest BCUT2D eigenvalue weighted by atomic mass is 16.6. The summed E-state index contributed by atoms with van der Waals surface area (Å²) in [6, 6.07) is 12.6. The average Bonchev–Trinajstić information content (AvgIpc) is 2.60. The predicted molar refractivity (Wildman–Crippen MR) is 94.0 cm³/mol. The molecule has 25 heavy (non-hydrogen) atoms. The number of anilines is 1. The van der Waals surface area contributed by atoms with Crippen molar-refractivity contribution in [1.29, 1.82) is 0 Å². The van der Waals surface area contributed by atoms with Crippen LogP contribution in [0.4, 0.5) is 5.69 Å². The molecule has 6 heteroatoms. The number of hydrogen-bond acceptors (Lipinski definition) is 5. The van der Waals surface area contributed by atoms with Crippen LogP contribution in [0.5, 0.6) is 11.5 Å². The highest BCUT2D eigenvalue weighted by molar-refractivity contribution is 5.93. The lowest BCUT2D eigenvalue weighted by Gasteiger charge is -2.11. The Hall–Kier alpha value is -3.02. The topological polar surface area (TPSA) is 73.9 Å². The van der Waals surface area contributed by atoms with Crippen LogP contribution < -0.4 is 14.8 Å². The molecular weight excluding hydrogens is 322 g/mol. The third-order valence-electron chi connectivity index (χ3n) is 3.43. The monoisotopic (exact) mass is 343 g/mol. The van der Waals surface area contributed by atoms with Crippen molar-refractivity contribution in [2.75, 3.05) is 25.6 Å². The number of esters is 1. The van der Waals surface area contributed by atoms with E-state index in [9.17, 15) is 9.59 Å². The van der Waals surface area contributed by atoms with E-state index < -0.39 is 11.9 Å². The van der Waals surface area contributed by atoms with Crippen LogP contribution in [0.15, 0.2) is 42.5 Å². The van der Waals surface area contributed by atoms with E-state index in [0.717, 1.165) is 11.1 Å². The summed E-state index contributed by atoms with van der Waals surface area (Å²) in [5.74, 6) is -0.0937. The van der Waals surface area contributed by atoms with E-state index in [0.29, 0.717) is 17.2 Å². The van der Waals surface area contributed by atoms with E-state index in [-0.39, 0.29) is 13.2 Å². The maximum absolute atomic E-state index is 11.9. The summed E-state index contributed by atoms with van der Waals surface area (Å²) in [5.41, 5.74) is 2.74. The molecule has 0 fully saturated rings. The molecule has 1 amide bonds. The highest BCUT2D eigenvalue weighted by Gasteiger charge is 2.11. The van der Waals surface area contributed by atoms with Crippen LogP contribution in [-0.4, -0.2) is 32.2 Å². The number of carbonyl (C=O) groups excluding carboxylic acids is 2. The summed E-state index contributed by atoms with van der Waals surface area (Å²) in [4.78, 5) is 23.6. The number of benzene rings is 2. The van der Waals surface area contributed by atoms with Gasteiger partial charge in [-0.3, -0.25) is 4.79 Å². The minimum Gasteiger partial charge on any atom is -0.493 e. The number of carbonyl (C=O) groups is 2. The van der Waals surface area contributed by atoms with Gasteiger partial charge in [0, 0.05) is 5.69 Å². The Morgan fingerprint density at radius 2 is 1.72 bits per heavy atom. The van der Waals surface area contributed by atoms with Gasteiger partial charge in [-0.15, -0.1) is 0 Å². The number of aryl methyl sites for hydroxylation is 2. The molecule has 1 N–H and O–H groups in total. The minimum absolute atomic E-state index is 0.308. The zero-order valence-electron chi connectivity index (χ0n) is 14.5. The molecule has 0 unspecified atom stereocenters. The molecule has 0 bridgehead atoms. The van der Waals surface area contributed by atoms with Gasteiger partial charge < -0.3 is 19.5 Å². The van der Waals surface area contributed by atoms with E-state index in [4.69, 9.17) is 14.2 Å². The number of methoxy groups -OCH3 is 1. The first-order valence-electron chi connectivity index (χ1n) is 7.78. The van der Waals surface area contributed by atoms with Crippen molar-refractivity contribution in [3.63, 3.8) is 0 Å². The predicted octanol–water partition coefficient (Wildman–Crippen LogP) is 2.87. The average molecular weight is 343 g/mol. The maximum atomic E-state index is 11.9. The largest absolute Gasteiger partial charge is 0.493 e. The Bertz CT molecular complexity index is 757. The van der Waals surface area contributed by atoms with E-state index in [1.807, 2.05) is 32.0 Å². The molecule has 0 atom stereocenters. The Kier molecular flexibility index (Phi) is 6.39. The Labute approximate surface area is 146 Å². The zero-order chi connectivity index (χ0) is 18.2. The molecule has 0 spiro atoms. The molecule has 0 aromatic heterocycles. The van der Waals surface area contributed by atoms with Gasteiger partial charge in [-0.1, -0.05) is 29.8 Å². The Morgan fingerprint density at radius 3 is 2.40 bits per heavy atom. The number of amides is 1. The number of para-hydroxylation sites is 2. The molecular formula is C19H21NO5. The number of nitrogens with one attached hydrogen (secondary N) is 1. The first-order chi connectivity index (χ1) is 12.0. The van der Waals surface area contributed by atoms with Crippen LogP contribution in [0.1, 0.15) is 11.1 Å². The second-order valence-corrected chi connectivity index (χ2v) is 5.47. The molecule has 0 radical (unpaired) electrons. The van der Waals surface area contributed by atoms with Crippen molar-refractivity contribution in [1.82, 2.24) is 0 Å². The summed E-state index contributed by atoms with van der Waals surface area (Å²) in [6.45, 7) is 3.19. The Morgan fingerprint density at radius 1 is 1.00 bits per heavy atom. The van der Waals surface area contributed by atoms with Crippen molar-refractivity contribution >= 4 is 17.6 Å². The van der Waals surface area contributed by atoms with E-state index in [2.05, 4.69) is 5.32 Å². The SMILES string of the molecule is COc1ccccc1OCC(=O)OCC(=O)Nc1ccc(C)cc1C. The standard InChI is InChI=1S/C19H21NO5/c1-13-8-9-15(14(2)10-13)20-18(21)11-25-19(22)12-24-17-7-5-4-6-16(17)23-3/h4-10H,11-12H2,1-3H3,(H,20,21). The van der Waals surface area contributed by atoms with E-state index >= 15 is 0 Å². The normalized spacial score (nSPS) is 10.0. The van der Waals surface area contributed by atoms with Crippen LogP contribution >= 0.6 is 0 Å².